The van der Waals surface area contributed by atoms with E-state index in [0.717, 1.165) is 57.6 Å². The molecule has 1 heterocycles. The highest BCUT2D eigenvalue weighted by Crippen LogP contribution is 2.31. The molecule has 0 saturated carbocycles. The average molecular weight is 542 g/mol. The molecule has 0 atom stereocenters. The second-order valence-electron chi connectivity index (χ2n) is 9.65. The number of benzene rings is 3. The van der Waals surface area contributed by atoms with E-state index >= 15 is 0 Å². The summed E-state index contributed by atoms with van der Waals surface area (Å²) in [5.41, 5.74) is 4.61. The van der Waals surface area contributed by atoms with Gasteiger partial charge in [-0.1, -0.05) is 60.7 Å². The van der Waals surface area contributed by atoms with Crippen LogP contribution >= 0.6 is 0 Å². The van der Waals surface area contributed by atoms with Gasteiger partial charge < -0.3 is 24.3 Å². The lowest BCUT2D eigenvalue weighted by Gasteiger charge is -2.08. The third-order valence-electron chi connectivity index (χ3n) is 6.77. The number of rotatable bonds is 15. The second-order valence-corrected chi connectivity index (χ2v) is 9.65. The lowest BCUT2D eigenvalue weighted by atomic mass is 10.0. The maximum Gasteiger partial charge on any atom is 0.323 e. The smallest absolute Gasteiger partial charge is 0.323 e. The van der Waals surface area contributed by atoms with Crippen LogP contribution in [0.15, 0.2) is 72.8 Å². The molecule has 0 spiro atoms. The van der Waals surface area contributed by atoms with Crippen molar-refractivity contribution in [2.75, 3.05) is 13.2 Å². The number of aliphatic carboxylic acids is 2. The maximum atomic E-state index is 11.7. The number of carboxylic acid groups (broad SMARTS) is 2. The van der Waals surface area contributed by atoms with Crippen molar-refractivity contribution in [3.05, 3.63) is 95.2 Å². The summed E-state index contributed by atoms with van der Waals surface area (Å²) in [4.78, 5) is 22.7. The summed E-state index contributed by atoms with van der Waals surface area (Å²) in [6.07, 6.45) is 6.94. The van der Waals surface area contributed by atoms with Crippen LogP contribution in [0.4, 0.5) is 0 Å². The van der Waals surface area contributed by atoms with Crippen molar-refractivity contribution in [1.29, 1.82) is 0 Å². The summed E-state index contributed by atoms with van der Waals surface area (Å²) in [5.74, 6) is -0.0690. The van der Waals surface area contributed by atoms with Gasteiger partial charge in [0, 0.05) is 17.5 Å². The fourth-order valence-electron chi connectivity index (χ4n) is 4.79. The Labute approximate surface area is 234 Å². The number of aromatic nitrogens is 1. The average Bonchev–Trinajstić information content (AvgIpc) is 3.21. The summed E-state index contributed by atoms with van der Waals surface area (Å²) in [6, 6.07) is 23.5. The number of hydrogen-bond donors (Lipinski definition) is 2. The van der Waals surface area contributed by atoms with Gasteiger partial charge in [-0.05, 0) is 73.6 Å². The van der Waals surface area contributed by atoms with Gasteiger partial charge >= 0.3 is 11.9 Å². The molecule has 4 aromatic rings. The van der Waals surface area contributed by atoms with Gasteiger partial charge in [0.05, 0.1) is 18.7 Å². The monoisotopic (exact) mass is 541 g/mol. The van der Waals surface area contributed by atoms with Gasteiger partial charge in [0.25, 0.3) is 0 Å². The van der Waals surface area contributed by atoms with E-state index in [9.17, 15) is 14.7 Å². The van der Waals surface area contributed by atoms with Crippen LogP contribution in [0.2, 0.25) is 0 Å². The first-order chi connectivity index (χ1) is 19.4. The van der Waals surface area contributed by atoms with E-state index in [1.165, 1.54) is 0 Å². The third-order valence-corrected chi connectivity index (χ3v) is 6.77. The van der Waals surface area contributed by atoms with E-state index < -0.39 is 11.9 Å². The summed E-state index contributed by atoms with van der Waals surface area (Å²) < 4.78 is 13.4. The molecule has 4 rings (SSSR count). The summed E-state index contributed by atoms with van der Waals surface area (Å²) in [6.45, 7) is 3.02. The largest absolute Gasteiger partial charge is 0.494 e. The standard InChI is InChI=1S/C33H35NO6/c1-24-29(12-8-14-31(35)36)30-13-7-9-26(33(30)34(24)23-32(37)38)18-15-25-16-19-28(20-17-25)40-22-6-5-21-39-27-10-3-2-4-11-27/h2-4,7,9-11,13,15-20H,5-6,8,12,14,21-23H2,1H3,(H,35,36)(H,37,38)/b18-15+. The number of para-hydroxylation sites is 2. The zero-order valence-electron chi connectivity index (χ0n) is 22.7. The first kappa shape index (κ1) is 28.5. The molecule has 0 fully saturated rings. The number of carboxylic acids is 2. The van der Waals surface area contributed by atoms with Gasteiger partial charge in [-0.15, -0.1) is 0 Å². The highest BCUT2D eigenvalue weighted by atomic mass is 16.5. The topological polar surface area (TPSA) is 98.0 Å². The highest BCUT2D eigenvalue weighted by molar-refractivity contribution is 5.95. The van der Waals surface area contributed by atoms with Gasteiger partial charge in [-0.25, -0.2) is 0 Å². The van der Waals surface area contributed by atoms with Crippen molar-refractivity contribution in [3.63, 3.8) is 0 Å². The molecule has 1 aromatic heterocycles. The molecule has 40 heavy (non-hydrogen) atoms. The molecule has 2 N–H and O–H groups in total. The summed E-state index contributed by atoms with van der Waals surface area (Å²) >= 11 is 0. The van der Waals surface area contributed by atoms with Crippen LogP contribution in [0.1, 0.15) is 48.1 Å². The number of fused-ring (bicyclic) bond motifs is 1. The van der Waals surface area contributed by atoms with Gasteiger partial charge in [0.1, 0.15) is 18.0 Å². The van der Waals surface area contributed by atoms with E-state index in [0.29, 0.717) is 26.1 Å². The first-order valence-corrected chi connectivity index (χ1v) is 13.6. The number of ether oxygens (including phenoxy) is 2. The number of nitrogens with zero attached hydrogens (tertiary/aromatic N) is 1. The second kappa shape index (κ2) is 14.0. The van der Waals surface area contributed by atoms with Crippen LogP contribution in [0, 0.1) is 6.92 Å². The van der Waals surface area contributed by atoms with Gasteiger partial charge in [0.2, 0.25) is 0 Å². The van der Waals surface area contributed by atoms with E-state index in [1.54, 1.807) is 0 Å². The van der Waals surface area contributed by atoms with Crippen LogP contribution in [0.25, 0.3) is 23.1 Å². The van der Waals surface area contributed by atoms with E-state index in [1.807, 2.05) is 96.4 Å². The zero-order chi connectivity index (χ0) is 28.3. The molecular formula is C33H35NO6. The van der Waals surface area contributed by atoms with Crippen LogP contribution in [0.3, 0.4) is 0 Å². The molecule has 0 saturated heterocycles. The number of carbonyl (C=O) groups is 2. The Kier molecular flexibility index (Phi) is 9.99. The molecule has 7 nitrogen and oxygen atoms in total. The molecule has 0 aliphatic heterocycles. The van der Waals surface area contributed by atoms with Crippen molar-refractivity contribution in [1.82, 2.24) is 4.57 Å². The van der Waals surface area contributed by atoms with Gasteiger partial charge in [-0.3, -0.25) is 9.59 Å². The van der Waals surface area contributed by atoms with Crippen LogP contribution in [0.5, 0.6) is 11.5 Å². The molecule has 0 aliphatic rings. The van der Waals surface area contributed by atoms with Crippen molar-refractivity contribution in [2.45, 2.75) is 45.6 Å². The van der Waals surface area contributed by atoms with Gasteiger partial charge in [-0.2, -0.15) is 0 Å². The Hall–Kier alpha value is -4.52. The van der Waals surface area contributed by atoms with Crippen molar-refractivity contribution < 1.29 is 29.3 Å². The molecule has 0 aliphatic carbocycles. The minimum atomic E-state index is -0.921. The lowest BCUT2D eigenvalue weighted by molar-refractivity contribution is -0.138. The van der Waals surface area contributed by atoms with E-state index in [2.05, 4.69) is 0 Å². The predicted octanol–water partition coefficient (Wildman–Crippen LogP) is 6.85. The fraction of sp³-hybridized carbons (Fsp3) is 0.273. The number of aryl methyl sites for hydroxylation is 1. The first-order valence-electron chi connectivity index (χ1n) is 13.6. The maximum absolute atomic E-state index is 11.7. The predicted molar refractivity (Wildman–Crippen MR) is 157 cm³/mol. The van der Waals surface area contributed by atoms with Crippen LogP contribution in [-0.4, -0.2) is 39.9 Å². The quantitative estimate of drug-likeness (QED) is 0.126. The Balaban J connectivity index is 1.39. The SMILES string of the molecule is Cc1c(CCCC(=O)O)c2cccc(/C=C/c3ccc(OCCCCOc4ccccc4)cc3)c2n1CC(=O)O. The Morgan fingerprint density at radius 1 is 0.775 bits per heavy atom. The minimum absolute atomic E-state index is 0.0764. The molecule has 0 radical (unpaired) electrons. The van der Waals surface area contributed by atoms with Gasteiger partial charge in [0.15, 0.2) is 0 Å². The Morgan fingerprint density at radius 2 is 1.45 bits per heavy atom. The molecule has 208 valence electrons. The van der Waals surface area contributed by atoms with Crippen molar-refractivity contribution in [2.24, 2.45) is 0 Å². The number of hydrogen-bond acceptors (Lipinski definition) is 4. The van der Waals surface area contributed by atoms with Crippen molar-refractivity contribution >= 4 is 35.0 Å². The third kappa shape index (κ3) is 7.76. The molecule has 3 aromatic carbocycles. The Bertz CT molecular complexity index is 1450. The van der Waals surface area contributed by atoms with E-state index in [4.69, 9.17) is 14.6 Å². The Morgan fingerprint density at radius 3 is 2.10 bits per heavy atom. The fourth-order valence-corrected chi connectivity index (χ4v) is 4.79. The van der Waals surface area contributed by atoms with Crippen molar-refractivity contribution in [3.8, 4) is 11.5 Å². The summed E-state index contributed by atoms with van der Waals surface area (Å²) in [5, 5.41) is 19.6. The lowest BCUT2D eigenvalue weighted by Crippen LogP contribution is -2.10. The molecule has 7 heteroatoms. The zero-order valence-corrected chi connectivity index (χ0v) is 22.7. The normalized spacial score (nSPS) is 11.2. The highest BCUT2D eigenvalue weighted by Gasteiger charge is 2.18. The molecule has 0 bridgehead atoms. The van der Waals surface area contributed by atoms with E-state index in [-0.39, 0.29) is 13.0 Å². The number of unbranched alkanes of at least 4 members (excludes halogenated alkanes) is 1. The summed E-state index contributed by atoms with van der Waals surface area (Å²) in [7, 11) is 0. The minimum Gasteiger partial charge on any atom is -0.494 e. The van der Waals surface area contributed by atoms with Crippen LogP contribution < -0.4 is 9.47 Å². The van der Waals surface area contributed by atoms with Crippen LogP contribution in [-0.2, 0) is 22.6 Å². The molecular weight excluding hydrogens is 506 g/mol. The molecule has 0 amide bonds. The molecule has 0 unspecified atom stereocenters.